The number of rotatable bonds is 5. The second kappa shape index (κ2) is 8.51. The molecule has 3 aliphatic rings. The van der Waals surface area contributed by atoms with Gasteiger partial charge in [-0.25, -0.2) is 0 Å². The third kappa shape index (κ3) is 3.50. The van der Waals surface area contributed by atoms with Crippen LogP contribution in [0.5, 0.6) is 0 Å². The van der Waals surface area contributed by atoms with E-state index in [9.17, 15) is 14.4 Å². The zero-order valence-electron chi connectivity index (χ0n) is 18.9. The lowest BCUT2D eigenvalue weighted by Crippen LogP contribution is -2.49. The lowest BCUT2D eigenvalue weighted by atomic mass is 9.86. The minimum atomic E-state index is -0.768. The molecule has 0 bridgehead atoms. The highest BCUT2D eigenvalue weighted by molar-refractivity contribution is 6.30. The fourth-order valence-corrected chi connectivity index (χ4v) is 5.89. The molecule has 6 rings (SSSR count). The summed E-state index contributed by atoms with van der Waals surface area (Å²) in [6.45, 7) is 0.309. The lowest BCUT2D eigenvalue weighted by molar-refractivity contribution is -0.140. The average Bonchev–Trinajstić information content (AvgIpc) is 3.36. The van der Waals surface area contributed by atoms with Crippen molar-refractivity contribution < 1.29 is 14.4 Å². The van der Waals surface area contributed by atoms with Crippen LogP contribution in [0, 0.1) is 11.8 Å². The van der Waals surface area contributed by atoms with Gasteiger partial charge in [-0.1, -0.05) is 72.3 Å². The summed E-state index contributed by atoms with van der Waals surface area (Å²) in [5.74, 6) is -1.95. The summed E-state index contributed by atoms with van der Waals surface area (Å²) in [6, 6.07) is 23.2. The quantitative estimate of drug-likeness (QED) is 0.392. The Kier molecular flexibility index (Phi) is 5.30. The first kappa shape index (κ1) is 21.8. The molecule has 5 nitrogen and oxygen atoms in total. The molecule has 35 heavy (non-hydrogen) atoms. The molecular weight excluding hydrogens is 460 g/mol. The highest BCUT2D eigenvalue weighted by Crippen LogP contribution is 2.49. The standard InChI is InChI=1S/C29H23ClN2O3/c30-21-13-10-20(11-14-21)27(33)26-25-24(23-15-12-19-8-4-5-9-22(19)32(23)26)28(34)31(29(25)35)17-16-18-6-2-1-3-7-18/h1-15,23-26H,16-17H2/t23-,24-,25+,26-/m0/s1. The van der Waals surface area contributed by atoms with Crippen LogP contribution in [0.15, 0.2) is 84.9 Å². The smallest absolute Gasteiger partial charge is 0.235 e. The number of imide groups is 1. The summed E-state index contributed by atoms with van der Waals surface area (Å²) in [5.41, 5.74) is 3.39. The number of anilines is 1. The highest BCUT2D eigenvalue weighted by Gasteiger charge is 2.63. The number of likely N-dealkylation sites (tertiary alicyclic amines) is 1. The largest absolute Gasteiger partial charge is 0.352 e. The molecule has 0 spiro atoms. The predicted octanol–water partition coefficient (Wildman–Crippen LogP) is 4.65. The van der Waals surface area contributed by atoms with Crippen LogP contribution in [0.1, 0.15) is 21.5 Å². The number of hydrogen-bond acceptors (Lipinski definition) is 4. The van der Waals surface area contributed by atoms with Crippen LogP contribution >= 0.6 is 11.6 Å². The first-order chi connectivity index (χ1) is 17.0. The normalized spacial score (nSPS) is 24.4. The first-order valence-corrected chi connectivity index (χ1v) is 12.2. The van der Waals surface area contributed by atoms with E-state index in [-0.39, 0.29) is 23.6 Å². The number of halogens is 1. The van der Waals surface area contributed by atoms with E-state index in [0.29, 0.717) is 23.6 Å². The Balaban J connectivity index is 1.39. The molecule has 2 fully saturated rings. The number of Topliss-reactive ketones (excluding diaryl/α,β-unsaturated/α-hetero) is 1. The van der Waals surface area contributed by atoms with Crippen molar-refractivity contribution in [2.75, 3.05) is 11.4 Å². The van der Waals surface area contributed by atoms with E-state index < -0.39 is 17.9 Å². The molecule has 0 N–H and O–H groups in total. The molecule has 0 unspecified atom stereocenters. The van der Waals surface area contributed by atoms with Crippen LogP contribution in [-0.2, 0) is 16.0 Å². The molecule has 2 saturated heterocycles. The van der Waals surface area contributed by atoms with Gasteiger partial charge in [-0.2, -0.15) is 0 Å². The van der Waals surface area contributed by atoms with Crippen LogP contribution in [0.2, 0.25) is 5.02 Å². The van der Waals surface area contributed by atoms with E-state index in [1.165, 1.54) is 4.90 Å². The van der Waals surface area contributed by atoms with E-state index in [1.54, 1.807) is 24.3 Å². The zero-order valence-corrected chi connectivity index (χ0v) is 19.6. The van der Waals surface area contributed by atoms with Crippen molar-refractivity contribution in [2.45, 2.75) is 18.5 Å². The Morgan fingerprint density at radius 1 is 0.829 bits per heavy atom. The Labute approximate surface area is 208 Å². The van der Waals surface area contributed by atoms with Gasteiger partial charge < -0.3 is 4.90 Å². The van der Waals surface area contributed by atoms with Crippen LogP contribution < -0.4 is 4.90 Å². The summed E-state index contributed by atoms with van der Waals surface area (Å²) in [6.07, 6.45) is 4.55. The highest BCUT2D eigenvalue weighted by atomic mass is 35.5. The van der Waals surface area contributed by atoms with Crippen molar-refractivity contribution in [3.05, 3.63) is 107 Å². The Morgan fingerprint density at radius 2 is 1.51 bits per heavy atom. The monoisotopic (exact) mass is 482 g/mol. The number of carbonyl (C=O) groups is 3. The van der Waals surface area contributed by atoms with Crippen LogP contribution in [0.4, 0.5) is 5.69 Å². The third-order valence-corrected chi connectivity index (χ3v) is 7.62. The summed E-state index contributed by atoms with van der Waals surface area (Å²) in [5, 5.41) is 0.536. The lowest BCUT2D eigenvalue weighted by Gasteiger charge is -2.36. The molecular formula is C29H23ClN2O3. The summed E-state index contributed by atoms with van der Waals surface area (Å²) >= 11 is 6.05. The summed E-state index contributed by atoms with van der Waals surface area (Å²) in [4.78, 5) is 44.7. The van der Waals surface area contributed by atoms with Gasteiger partial charge in [-0.15, -0.1) is 0 Å². The molecule has 3 aromatic carbocycles. The van der Waals surface area contributed by atoms with Crippen molar-refractivity contribution in [2.24, 2.45) is 11.8 Å². The molecule has 0 saturated carbocycles. The Hall–Kier alpha value is -3.70. The Morgan fingerprint density at radius 3 is 2.29 bits per heavy atom. The second-order valence-electron chi connectivity index (χ2n) is 9.25. The molecule has 3 aromatic rings. The Bertz CT molecular complexity index is 1350. The number of fused-ring (bicyclic) bond motifs is 5. The molecule has 2 amide bonds. The number of benzene rings is 3. The number of carbonyl (C=O) groups excluding carboxylic acids is 3. The summed E-state index contributed by atoms with van der Waals surface area (Å²) < 4.78 is 0. The van der Waals surface area contributed by atoms with Gasteiger partial charge in [-0.05, 0) is 47.9 Å². The fourth-order valence-electron chi connectivity index (χ4n) is 5.77. The minimum Gasteiger partial charge on any atom is -0.352 e. The third-order valence-electron chi connectivity index (χ3n) is 7.37. The maximum atomic E-state index is 13.9. The van der Waals surface area contributed by atoms with Crippen molar-refractivity contribution in [1.82, 2.24) is 4.90 Å². The van der Waals surface area contributed by atoms with Crippen molar-refractivity contribution in [3.63, 3.8) is 0 Å². The van der Waals surface area contributed by atoms with Gasteiger partial charge >= 0.3 is 0 Å². The van der Waals surface area contributed by atoms with E-state index in [1.807, 2.05) is 71.6 Å². The average molecular weight is 483 g/mol. The van der Waals surface area contributed by atoms with Crippen LogP contribution in [-0.4, -0.2) is 41.1 Å². The predicted molar refractivity (Wildman–Crippen MR) is 135 cm³/mol. The number of para-hydroxylation sites is 1. The molecule has 6 heteroatoms. The van der Waals surface area contributed by atoms with Gasteiger partial charge in [0.05, 0.1) is 17.9 Å². The van der Waals surface area contributed by atoms with Gasteiger partial charge in [0.15, 0.2) is 5.78 Å². The van der Waals surface area contributed by atoms with E-state index in [4.69, 9.17) is 11.6 Å². The summed E-state index contributed by atoms with van der Waals surface area (Å²) in [7, 11) is 0. The molecule has 0 radical (unpaired) electrons. The first-order valence-electron chi connectivity index (χ1n) is 11.8. The number of amides is 2. The molecule has 0 aromatic heterocycles. The second-order valence-corrected chi connectivity index (χ2v) is 9.68. The maximum Gasteiger partial charge on any atom is 0.235 e. The number of nitrogens with zero attached hydrogens (tertiary/aromatic N) is 2. The molecule has 3 heterocycles. The molecule has 174 valence electrons. The van der Waals surface area contributed by atoms with Crippen molar-refractivity contribution in [3.8, 4) is 0 Å². The van der Waals surface area contributed by atoms with Gasteiger partial charge in [0.1, 0.15) is 6.04 Å². The topological polar surface area (TPSA) is 57.7 Å². The van der Waals surface area contributed by atoms with Gasteiger partial charge in [0.25, 0.3) is 0 Å². The molecule has 4 atom stereocenters. The molecule has 0 aliphatic carbocycles. The zero-order chi connectivity index (χ0) is 24.1. The van der Waals surface area contributed by atoms with Crippen molar-refractivity contribution >= 4 is 41.0 Å². The van der Waals surface area contributed by atoms with Crippen molar-refractivity contribution in [1.29, 1.82) is 0 Å². The number of ketones is 1. The molecule has 3 aliphatic heterocycles. The minimum absolute atomic E-state index is 0.171. The van der Waals surface area contributed by atoms with E-state index in [2.05, 4.69) is 0 Å². The van der Waals surface area contributed by atoms with Gasteiger partial charge in [-0.3, -0.25) is 19.3 Å². The maximum absolute atomic E-state index is 13.9. The van der Waals surface area contributed by atoms with E-state index in [0.717, 1.165) is 16.8 Å². The van der Waals surface area contributed by atoms with Crippen LogP contribution in [0.25, 0.3) is 6.08 Å². The fraction of sp³-hybridized carbons (Fsp3) is 0.207. The van der Waals surface area contributed by atoms with Crippen LogP contribution in [0.3, 0.4) is 0 Å². The number of hydrogen-bond donors (Lipinski definition) is 0. The van der Waals surface area contributed by atoms with Gasteiger partial charge in [0, 0.05) is 22.8 Å². The van der Waals surface area contributed by atoms with E-state index >= 15 is 0 Å². The van der Waals surface area contributed by atoms with Gasteiger partial charge in [0.2, 0.25) is 11.8 Å². The SMILES string of the molecule is O=C(c1ccc(Cl)cc1)[C@@H]1[C@@H]2C(=O)N(CCc3ccccc3)C(=O)[C@H]2[C@@H]2C=Cc3ccccc3N12.